The van der Waals surface area contributed by atoms with Crippen molar-refractivity contribution in [3.63, 3.8) is 0 Å². The highest BCUT2D eigenvalue weighted by molar-refractivity contribution is 5.95. The van der Waals surface area contributed by atoms with Gasteiger partial charge in [0.2, 0.25) is 0 Å². The molecule has 0 aliphatic heterocycles. The van der Waals surface area contributed by atoms with Crippen molar-refractivity contribution in [1.82, 2.24) is 0 Å². The Balaban J connectivity index is 1.64. The molecule has 3 N–H and O–H groups in total. The van der Waals surface area contributed by atoms with E-state index in [1.54, 1.807) is 18.2 Å². The van der Waals surface area contributed by atoms with Crippen LogP contribution in [0, 0.1) is 20.2 Å². The quantitative estimate of drug-likeness (QED) is 0.230. The first-order valence-electron chi connectivity index (χ1n) is 9.06. The van der Waals surface area contributed by atoms with Crippen LogP contribution in [0.1, 0.15) is 20.7 Å². The van der Waals surface area contributed by atoms with E-state index < -0.39 is 38.7 Å². The van der Waals surface area contributed by atoms with E-state index in [2.05, 4.69) is 15.7 Å². The number of nitro groups is 2. The Hall–Kier alpha value is -5.20. The number of hydrogen-bond acceptors (Lipinski definition) is 10. The second-order valence-corrected chi connectivity index (χ2v) is 6.38. The maximum Gasteiger partial charge on any atom is 0.369 e. The number of anilines is 2. The molecule has 3 aromatic rings. The minimum Gasteiger partial charge on any atom is -0.399 e. The maximum absolute atomic E-state index is 12.2. The van der Waals surface area contributed by atoms with Gasteiger partial charge in [-0.2, -0.15) is 0 Å². The van der Waals surface area contributed by atoms with E-state index in [-0.39, 0.29) is 11.3 Å². The average molecular weight is 450 g/mol. The summed E-state index contributed by atoms with van der Waals surface area (Å²) in [5.74, 6) is -1.70. The van der Waals surface area contributed by atoms with Crippen LogP contribution in [-0.4, -0.2) is 21.7 Å². The van der Waals surface area contributed by atoms with Crippen molar-refractivity contribution in [3.05, 3.63) is 98.1 Å². The van der Waals surface area contributed by atoms with Crippen LogP contribution in [0.25, 0.3) is 0 Å². The predicted octanol–water partition coefficient (Wildman–Crippen LogP) is 4.19. The van der Waals surface area contributed by atoms with Crippen LogP contribution in [0.2, 0.25) is 0 Å². The Bertz CT molecular complexity index is 1270. The normalized spacial score (nSPS) is 10.5. The topological polar surface area (TPSA) is 192 Å². The zero-order valence-corrected chi connectivity index (χ0v) is 16.6. The molecule has 33 heavy (non-hydrogen) atoms. The van der Waals surface area contributed by atoms with E-state index in [0.717, 1.165) is 12.1 Å². The van der Waals surface area contributed by atoms with Crippen molar-refractivity contribution in [1.29, 1.82) is 0 Å². The van der Waals surface area contributed by atoms with Gasteiger partial charge in [-0.3, -0.25) is 25.0 Å². The van der Waals surface area contributed by atoms with Crippen molar-refractivity contribution in [2.24, 2.45) is 10.2 Å². The van der Waals surface area contributed by atoms with Crippen molar-refractivity contribution >= 4 is 40.3 Å². The molecule has 0 heterocycles. The van der Waals surface area contributed by atoms with Crippen molar-refractivity contribution in [3.8, 4) is 0 Å². The molecule has 0 radical (unpaired) electrons. The van der Waals surface area contributed by atoms with Crippen LogP contribution in [0.3, 0.4) is 0 Å². The number of nitrogen functional groups attached to an aromatic ring is 1. The third-order valence-corrected chi connectivity index (χ3v) is 4.13. The van der Waals surface area contributed by atoms with Gasteiger partial charge in [0.15, 0.2) is 0 Å². The monoisotopic (exact) mass is 450 g/mol. The minimum absolute atomic E-state index is 0.282. The number of nitrogens with one attached hydrogen (secondary N) is 1. The Morgan fingerprint density at radius 3 is 2.30 bits per heavy atom. The van der Waals surface area contributed by atoms with Crippen LogP contribution in [0.15, 0.2) is 77.0 Å². The number of nitrogens with zero attached hydrogens (tertiary/aromatic N) is 4. The zero-order valence-electron chi connectivity index (χ0n) is 16.6. The molecule has 0 saturated heterocycles. The Morgan fingerprint density at radius 1 is 0.939 bits per heavy atom. The Morgan fingerprint density at radius 2 is 1.67 bits per heavy atom. The summed E-state index contributed by atoms with van der Waals surface area (Å²) in [7, 11) is 0. The fourth-order valence-electron chi connectivity index (χ4n) is 2.55. The van der Waals surface area contributed by atoms with E-state index >= 15 is 0 Å². The number of carbonyl (C=O) groups is 2. The van der Waals surface area contributed by atoms with Gasteiger partial charge in [-0.25, -0.2) is 10.3 Å². The zero-order chi connectivity index (χ0) is 24.0. The molecule has 3 rings (SSSR count). The number of non-ortho nitro benzene ring substituents is 1. The van der Waals surface area contributed by atoms with Crippen LogP contribution in [0.4, 0.5) is 28.4 Å². The summed E-state index contributed by atoms with van der Waals surface area (Å²) in [6, 6.07) is 14.7. The van der Waals surface area contributed by atoms with Crippen LogP contribution in [-0.2, 0) is 4.84 Å². The van der Waals surface area contributed by atoms with Gasteiger partial charge in [0.1, 0.15) is 5.56 Å². The molecular weight excluding hydrogens is 436 g/mol. The van der Waals surface area contributed by atoms with Crippen LogP contribution >= 0.6 is 0 Å². The number of nitrogens with two attached hydrogens (primary N) is 1. The molecule has 0 fully saturated rings. The lowest BCUT2D eigenvalue weighted by molar-refractivity contribution is -0.394. The summed E-state index contributed by atoms with van der Waals surface area (Å²) in [5, 5.41) is 29.3. The highest BCUT2D eigenvalue weighted by Gasteiger charge is 2.25. The molecule has 0 saturated carbocycles. The van der Waals surface area contributed by atoms with Crippen molar-refractivity contribution in [2.75, 3.05) is 11.2 Å². The number of azo groups is 1. The smallest absolute Gasteiger partial charge is 0.369 e. The Labute approximate surface area is 184 Å². The molecule has 0 unspecified atom stereocenters. The standard InChI is InChI=1S/C20H14N6O7/c21-13-3-1-2-12(10-13)19(27)23-22-14-4-6-15(7-5-14)24-33-20(28)17-9-8-16(25(29)30)11-18(17)26(31)32/h1-11,24H,21H2. The summed E-state index contributed by atoms with van der Waals surface area (Å²) in [6.07, 6.45) is 0. The number of amides is 1. The molecular formula is C20H14N6O7. The largest absolute Gasteiger partial charge is 0.399 e. The molecule has 3 aromatic carbocycles. The van der Waals surface area contributed by atoms with Crippen LogP contribution < -0.4 is 11.2 Å². The van der Waals surface area contributed by atoms with Gasteiger partial charge >= 0.3 is 5.97 Å². The van der Waals surface area contributed by atoms with E-state index in [0.29, 0.717) is 17.4 Å². The number of carbonyl (C=O) groups excluding carboxylic acids is 2. The van der Waals surface area contributed by atoms with E-state index in [4.69, 9.17) is 10.6 Å². The number of nitro benzene ring substituents is 2. The van der Waals surface area contributed by atoms with Gasteiger partial charge in [-0.15, -0.1) is 10.2 Å². The lowest BCUT2D eigenvalue weighted by Gasteiger charge is -2.07. The molecule has 0 aliphatic rings. The van der Waals surface area contributed by atoms with Gasteiger partial charge in [-0.05, 0) is 48.5 Å². The summed E-state index contributed by atoms with van der Waals surface area (Å²) in [6.45, 7) is 0. The third-order valence-electron chi connectivity index (χ3n) is 4.13. The van der Waals surface area contributed by atoms with Crippen molar-refractivity contribution < 1.29 is 24.3 Å². The molecule has 0 aromatic heterocycles. The lowest BCUT2D eigenvalue weighted by atomic mass is 10.1. The Kier molecular flexibility index (Phi) is 6.64. The molecule has 13 nitrogen and oxygen atoms in total. The average Bonchev–Trinajstić information content (AvgIpc) is 2.81. The van der Waals surface area contributed by atoms with Gasteiger partial charge < -0.3 is 10.6 Å². The fourth-order valence-corrected chi connectivity index (χ4v) is 2.55. The van der Waals surface area contributed by atoms with Gasteiger partial charge in [0.05, 0.1) is 27.3 Å². The summed E-state index contributed by atoms with van der Waals surface area (Å²) < 4.78 is 0. The first-order chi connectivity index (χ1) is 15.7. The van der Waals surface area contributed by atoms with Crippen LogP contribution in [0.5, 0.6) is 0 Å². The number of benzene rings is 3. The molecule has 0 atom stereocenters. The molecule has 0 aliphatic carbocycles. The van der Waals surface area contributed by atoms with Gasteiger partial charge in [0.25, 0.3) is 17.3 Å². The fraction of sp³-hybridized carbons (Fsp3) is 0. The van der Waals surface area contributed by atoms with E-state index in [9.17, 15) is 29.8 Å². The first kappa shape index (κ1) is 22.5. The summed E-state index contributed by atoms with van der Waals surface area (Å²) >= 11 is 0. The van der Waals surface area contributed by atoms with Gasteiger partial charge in [0, 0.05) is 17.3 Å². The second-order valence-electron chi connectivity index (χ2n) is 6.38. The number of rotatable bonds is 7. The highest BCUT2D eigenvalue weighted by Crippen LogP contribution is 2.25. The maximum atomic E-state index is 12.2. The molecule has 13 heteroatoms. The van der Waals surface area contributed by atoms with E-state index in [1.807, 2.05) is 0 Å². The summed E-state index contributed by atoms with van der Waals surface area (Å²) in [5.41, 5.74) is 7.47. The third kappa shape index (κ3) is 5.69. The SMILES string of the molecule is Nc1cccc(C(=O)N=Nc2ccc(NOC(=O)c3ccc([N+](=O)[O-])cc3[N+](=O)[O-])cc2)c1. The summed E-state index contributed by atoms with van der Waals surface area (Å²) in [4.78, 5) is 49.2. The molecule has 0 bridgehead atoms. The molecule has 1 amide bonds. The predicted molar refractivity (Wildman–Crippen MR) is 115 cm³/mol. The van der Waals surface area contributed by atoms with Crippen molar-refractivity contribution in [2.45, 2.75) is 0 Å². The highest BCUT2D eigenvalue weighted by atomic mass is 16.7. The molecule has 0 spiro atoms. The minimum atomic E-state index is -1.12. The first-order valence-corrected chi connectivity index (χ1v) is 9.06. The lowest BCUT2D eigenvalue weighted by Crippen LogP contribution is -2.12. The van der Waals surface area contributed by atoms with Gasteiger partial charge in [-0.1, -0.05) is 6.07 Å². The second kappa shape index (κ2) is 9.74. The molecule has 166 valence electrons. The van der Waals surface area contributed by atoms with E-state index in [1.165, 1.54) is 30.3 Å². The number of hydrogen-bond donors (Lipinski definition) is 2.